The zero-order valence-electron chi connectivity index (χ0n) is 12.1. The summed E-state index contributed by atoms with van der Waals surface area (Å²) in [6.45, 7) is 8.24. The molecule has 0 amide bonds. The minimum Gasteiger partial charge on any atom is -0.476 e. The number of hydrogen-bond acceptors (Lipinski definition) is 5. The van der Waals surface area contributed by atoms with Gasteiger partial charge in [0.05, 0.1) is 18.4 Å². The van der Waals surface area contributed by atoms with Gasteiger partial charge in [-0.15, -0.1) is 0 Å². The molecule has 5 nitrogen and oxygen atoms in total. The lowest BCUT2D eigenvalue weighted by atomic mass is 10.3. The molecule has 0 aromatic carbocycles. The third-order valence-electron chi connectivity index (χ3n) is 2.50. The number of pyridine rings is 1. The van der Waals surface area contributed by atoms with E-state index in [1.165, 1.54) is 0 Å². The minimum absolute atomic E-state index is 0.306. The summed E-state index contributed by atoms with van der Waals surface area (Å²) < 4.78 is 10.8. The lowest BCUT2D eigenvalue weighted by molar-refractivity contribution is 0.0765. The molecule has 1 aromatic heterocycles. The summed E-state index contributed by atoms with van der Waals surface area (Å²) in [5, 5.41) is 3.26. The highest BCUT2D eigenvalue weighted by Crippen LogP contribution is 2.20. The summed E-state index contributed by atoms with van der Waals surface area (Å²) >= 11 is 0. The summed E-state index contributed by atoms with van der Waals surface area (Å²) in [4.78, 5) is 4.32. The molecule has 1 rings (SSSR count). The maximum absolute atomic E-state index is 5.77. The molecule has 19 heavy (non-hydrogen) atoms. The molecule has 0 radical (unpaired) electrons. The first-order chi connectivity index (χ1) is 9.13. The van der Waals surface area contributed by atoms with Crippen molar-refractivity contribution < 1.29 is 9.47 Å². The highest BCUT2D eigenvalue weighted by atomic mass is 16.5. The second-order valence-corrected chi connectivity index (χ2v) is 4.58. The Morgan fingerprint density at radius 2 is 2.11 bits per heavy atom. The maximum Gasteiger partial charge on any atom is 0.239 e. The second kappa shape index (κ2) is 8.58. The van der Waals surface area contributed by atoms with Crippen LogP contribution >= 0.6 is 0 Å². The van der Waals surface area contributed by atoms with E-state index in [9.17, 15) is 0 Å². The van der Waals surface area contributed by atoms with Gasteiger partial charge in [-0.1, -0.05) is 0 Å². The number of rotatable bonds is 9. The van der Waals surface area contributed by atoms with Gasteiger partial charge in [0.15, 0.2) is 0 Å². The van der Waals surface area contributed by atoms with Crippen molar-refractivity contribution in [3.05, 3.63) is 12.1 Å². The first-order valence-electron chi connectivity index (χ1n) is 6.88. The Kier molecular flexibility index (Phi) is 7.03. The van der Waals surface area contributed by atoms with Gasteiger partial charge in [0, 0.05) is 13.2 Å². The molecule has 1 aromatic rings. The molecule has 5 heteroatoms. The summed E-state index contributed by atoms with van der Waals surface area (Å²) in [7, 11) is 0. The fourth-order valence-corrected chi connectivity index (χ4v) is 1.56. The Labute approximate surface area is 115 Å². The number of nitrogens with one attached hydrogen (secondary N) is 1. The maximum atomic E-state index is 5.77. The fourth-order valence-electron chi connectivity index (χ4n) is 1.56. The van der Waals surface area contributed by atoms with E-state index in [1.807, 2.05) is 32.9 Å². The average molecular weight is 267 g/mol. The number of hydrogen-bond donors (Lipinski definition) is 2. The Morgan fingerprint density at radius 3 is 2.79 bits per heavy atom. The molecule has 0 saturated carbocycles. The molecule has 0 saturated heterocycles. The van der Waals surface area contributed by atoms with Crippen LogP contribution in [0.4, 0.5) is 11.5 Å². The van der Waals surface area contributed by atoms with Gasteiger partial charge in [-0.25, -0.2) is 0 Å². The van der Waals surface area contributed by atoms with Gasteiger partial charge in [0.2, 0.25) is 5.88 Å². The second-order valence-electron chi connectivity index (χ2n) is 4.58. The predicted molar refractivity (Wildman–Crippen MR) is 78.6 cm³/mol. The van der Waals surface area contributed by atoms with E-state index in [0.717, 1.165) is 31.8 Å². The van der Waals surface area contributed by atoms with E-state index >= 15 is 0 Å². The van der Waals surface area contributed by atoms with E-state index in [1.54, 1.807) is 0 Å². The van der Waals surface area contributed by atoms with Crippen LogP contribution in [-0.2, 0) is 4.74 Å². The Bertz CT molecular complexity index is 370. The molecular formula is C14H25N3O2. The van der Waals surface area contributed by atoms with Crippen LogP contribution in [0.25, 0.3) is 0 Å². The third-order valence-corrected chi connectivity index (χ3v) is 2.50. The van der Waals surface area contributed by atoms with Crippen LogP contribution in [0.2, 0.25) is 0 Å². The van der Waals surface area contributed by atoms with Crippen LogP contribution in [0.3, 0.4) is 0 Å². The quantitative estimate of drug-likeness (QED) is 0.673. The minimum atomic E-state index is 0.306. The predicted octanol–water partition coefficient (Wildman–Crippen LogP) is 2.68. The van der Waals surface area contributed by atoms with E-state index < -0.39 is 0 Å². The molecule has 3 N–H and O–H groups in total. The van der Waals surface area contributed by atoms with Crippen molar-refractivity contribution in [3.63, 3.8) is 0 Å². The molecule has 0 spiro atoms. The Morgan fingerprint density at radius 1 is 1.32 bits per heavy atom. The van der Waals surface area contributed by atoms with Crippen molar-refractivity contribution in [2.75, 3.05) is 30.8 Å². The van der Waals surface area contributed by atoms with Crippen molar-refractivity contribution in [2.24, 2.45) is 0 Å². The van der Waals surface area contributed by atoms with Gasteiger partial charge < -0.3 is 20.5 Å². The van der Waals surface area contributed by atoms with Crippen molar-refractivity contribution in [2.45, 2.75) is 39.7 Å². The standard InChI is InChI=1S/C14H25N3O2/c1-4-18-14-12(15)7-8-13(17-14)16-9-5-6-10-19-11(2)3/h7-8,11H,4-6,9-10,15H2,1-3H3,(H,16,17). The highest BCUT2D eigenvalue weighted by molar-refractivity contribution is 5.53. The molecule has 0 fully saturated rings. The number of aromatic nitrogens is 1. The summed E-state index contributed by atoms with van der Waals surface area (Å²) in [6, 6.07) is 3.67. The topological polar surface area (TPSA) is 69.4 Å². The molecule has 108 valence electrons. The van der Waals surface area contributed by atoms with E-state index in [4.69, 9.17) is 15.2 Å². The normalized spacial score (nSPS) is 10.7. The number of anilines is 2. The van der Waals surface area contributed by atoms with Crippen molar-refractivity contribution in [1.82, 2.24) is 4.98 Å². The van der Waals surface area contributed by atoms with Crippen LogP contribution < -0.4 is 15.8 Å². The fraction of sp³-hybridized carbons (Fsp3) is 0.643. The molecule has 0 bridgehead atoms. The van der Waals surface area contributed by atoms with Crippen molar-refractivity contribution in [1.29, 1.82) is 0 Å². The molecular weight excluding hydrogens is 242 g/mol. The third kappa shape index (κ3) is 6.29. The van der Waals surface area contributed by atoms with E-state index in [2.05, 4.69) is 10.3 Å². The summed E-state index contributed by atoms with van der Waals surface area (Å²) in [5.74, 6) is 1.29. The zero-order chi connectivity index (χ0) is 14.1. The zero-order valence-corrected chi connectivity index (χ0v) is 12.1. The number of ether oxygens (including phenoxy) is 2. The summed E-state index contributed by atoms with van der Waals surface area (Å²) in [5.41, 5.74) is 6.33. The van der Waals surface area contributed by atoms with E-state index in [0.29, 0.717) is 24.3 Å². The lowest BCUT2D eigenvalue weighted by Gasteiger charge is -2.10. The van der Waals surface area contributed by atoms with Crippen molar-refractivity contribution in [3.8, 4) is 5.88 Å². The molecule has 0 aliphatic carbocycles. The number of nitrogens with zero attached hydrogens (tertiary/aromatic N) is 1. The number of nitrogen functional groups attached to an aromatic ring is 1. The van der Waals surface area contributed by atoms with Crippen LogP contribution in [0.1, 0.15) is 33.6 Å². The lowest BCUT2D eigenvalue weighted by Crippen LogP contribution is -2.08. The molecule has 0 atom stereocenters. The molecule has 0 aliphatic rings. The average Bonchev–Trinajstić information content (AvgIpc) is 2.37. The summed E-state index contributed by atoms with van der Waals surface area (Å²) in [6.07, 6.45) is 2.39. The van der Waals surface area contributed by atoms with Gasteiger partial charge in [0.25, 0.3) is 0 Å². The van der Waals surface area contributed by atoms with Crippen molar-refractivity contribution >= 4 is 11.5 Å². The van der Waals surface area contributed by atoms with E-state index in [-0.39, 0.29) is 0 Å². The highest BCUT2D eigenvalue weighted by Gasteiger charge is 2.03. The Balaban J connectivity index is 2.27. The van der Waals surface area contributed by atoms with Crippen LogP contribution in [0.15, 0.2) is 12.1 Å². The Hall–Kier alpha value is -1.49. The first-order valence-corrected chi connectivity index (χ1v) is 6.88. The van der Waals surface area contributed by atoms with Gasteiger partial charge in [-0.2, -0.15) is 4.98 Å². The molecule has 0 aliphatic heterocycles. The number of nitrogens with two attached hydrogens (primary N) is 1. The van der Waals surface area contributed by atoms with Gasteiger partial charge in [-0.3, -0.25) is 0 Å². The first kappa shape index (κ1) is 15.6. The monoisotopic (exact) mass is 267 g/mol. The van der Waals surface area contributed by atoms with Gasteiger partial charge in [0.1, 0.15) is 5.82 Å². The SMILES string of the molecule is CCOc1nc(NCCCCOC(C)C)ccc1N. The van der Waals surface area contributed by atoms with Gasteiger partial charge in [-0.05, 0) is 45.7 Å². The molecule has 1 heterocycles. The van der Waals surface area contributed by atoms with Crippen LogP contribution in [-0.4, -0.2) is 30.8 Å². The van der Waals surface area contributed by atoms with Gasteiger partial charge >= 0.3 is 0 Å². The number of unbranched alkanes of at least 4 members (excludes halogenated alkanes) is 1. The van der Waals surface area contributed by atoms with Crippen LogP contribution in [0.5, 0.6) is 5.88 Å². The van der Waals surface area contributed by atoms with Crippen LogP contribution in [0, 0.1) is 0 Å². The molecule has 0 unspecified atom stereocenters. The smallest absolute Gasteiger partial charge is 0.239 e. The largest absolute Gasteiger partial charge is 0.476 e.